The van der Waals surface area contributed by atoms with Crippen LogP contribution in [0.3, 0.4) is 0 Å². The van der Waals surface area contributed by atoms with Crippen molar-refractivity contribution in [1.82, 2.24) is 20.1 Å². The summed E-state index contributed by atoms with van der Waals surface area (Å²) in [7, 11) is 3.62. The van der Waals surface area contributed by atoms with Crippen LogP contribution in [-0.4, -0.2) is 27.7 Å². The third-order valence-electron chi connectivity index (χ3n) is 3.16. The summed E-state index contributed by atoms with van der Waals surface area (Å²) in [4.78, 5) is 16.6. The fourth-order valence-corrected chi connectivity index (χ4v) is 2.68. The van der Waals surface area contributed by atoms with Crippen molar-refractivity contribution in [1.29, 1.82) is 0 Å². The molecule has 2 aromatic heterocycles. The second-order valence-corrected chi connectivity index (χ2v) is 5.44. The predicted molar refractivity (Wildman–Crippen MR) is 79.9 cm³/mol. The number of hydrogen-bond donors (Lipinski definition) is 3. The van der Waals surface area contributed by atoms with Gasteiger partial charge >= 0.3 is 0 Å². The summed E-state index contributed by atoms with van der Waals surface area (Å²) in [5.41, 5.74) is 8.71. The molecule has 0 atom stereocenters. The molecular formula is C12H18N6OS. The molecule has 8 heteroatoms. The summed E-state index contributed by atoms with van der Waals surface area (Å²) >= 11 is 1.24. The number of aromatic nitrogens is 3. The topological polar surface area (TPSA) is 97.9 Å². The molecule has 0 saturated carbocycles. The van der Waals surface area contributed by atoms with Gasteiger partial charge in [-0.2, -0.15) is 5.10 Å². The highest BCUT2D eigenvalue weighted by molar-refractivity contribution is 7.18. The average molecular weight is 294 g/mol. The molecule has 0 aliphatic heterocycles. The number of anilines is 2. The number of amides is 1. The maximum atomic E-state index is 12.1. The molecule has 0 aromatic carbocycles. The van der Waals surface area contributed by atoms with Gasteiger partial charge in [0, 0.05) is 31.9 Å². The van der Waals surface area contributed by atoms with Crippen molar-refractivity contribution in [2.24, 2.45) is 7.05 Å². The molecule has 0 unspecified atom stereocenters. The van der Waals surface area contributed by atoms with Crippen molar-refractivity contribution in [3.63, 3.8) is 0 Å². The summed E-state index contributed by atoms with van der Waals surface area (Å²) in [5.74, 6) is 0.0284. The zero-order valence-electron chi connectivity index (χ0n) is 11.9. The maximum absolute atomic E-state index is 12.1. The minimum absolute atomic E-state index is 0.218. The van der Waals surface area contributed by atoms with Crippen molar-refractivity contribution < 1.29 is 4.79 Å². The first-order valence-corrected chi connectivity index (χ1v) is 6.97. The summed E-state index contributed by atoms with van der Waals surface area (Å²) < 4.78 is 1.80. The Morgan fingerprint density at radius 1 is 1.45 bits per heavy atom. The van der Waals surface area contributed by atoms with E-state index in [1.54, 1.807) is 11.7 Å². The Morgan fingerprint density at radius 3 is 2.65 bits per heavy atom. The van der Waals surface area contributed by atoms with Gasteiger partial charge in [0.2, 0.25) is 0 Å². The number of aryl methyl sites for hydroxylation is 2. The van der Waals surface area contributed by atoms with Crippen LogP contribution in [0.4, 0.5) is 10.9 Å². The number of rotatable bonds is 4. The lowest BCUT2D eigenvalue weighted by Crippen LogP contribution is -2.23. The normalized spacial score (nSPS) is 10.6. The van der Waals surface area contributed by atoms with Crippen LogP contribution in [0.15, 0.2) is 0 Å². The Balaban J connectivity index is 2.10. The van der Waals surface area contributed by atoms with Crippen LogP contribution in [-0.2, 0) is 13.6 Å². The molecule has 0 saturated heterocycles. The first kappa shape index (κ1) is 14.3. The number of nitrogens with one attached hydrogen (secondary N) is 2. The third-order valence-corrected chi connectivity index (χ3v) is 4.25. The van der Waals surface area contributed by atoms with E-state index in [9.17, 15) is 4.79 Å². The molecule has 4 N–H and O–H groups in total. The standard InChI is InChI=1S/C12H18N6OS/c1-6-8(7(2)18(4)17-6)5-15-11(19)9-10(13)16-12(14-3)20-9/h5,13H2,1-4H3,(H,14,16)(H,15,19). The molecule has 0 bridgehead atoms. The van der Waals surface area contributed by atoms with E-state index in [-0.39, 0.29) is 11.7 Å². The first-order chi connectivity index (χ1) is 9.43. The summed E-state index contributed by atoms with van der Waals surface area (Å²) in [6.07, 6.45) is 0. The van der Waals surface area contributed by atoms with Gasteiger partial charge in [0.05, 0.1) is 5.69 Å². The Labute approximate surface area is 121 Å². The SMILES string of the molecule is CNc1nc(N)c(C(=O)NCc2c(C)nn(C)c2C)s1. The smallest absolute Gasteiger partial charge is 0.265 e. The fourth-order valence-electron chi connectivity index (χ4n) is 1.92. The Kier molecular flexibility index (Phi) is 3.93. The molecule has 7 nitrogen and oxygen atoms in total. The van der Waals surface area contributed by atoms with Crippen LogP contribution in [0.2, 0.25) is 0 Å². The number of nitrogens with two attached hydrogens (primary N) is 1. The number of nitrogen functional groups attached to an aromatic ring is 1. The van der Waals surface area contributed by atoms with Crippen molar-refractivity contribution in [2.45, 2.75) is 20.4 Å². The number of carbonyl (C=O) groups excluding carboxylic acids is 1. The van der Waals surface area contributed by atoms with Gasteiger partial charge in [-0.1, -0.05) is 11.3 Å². The highest BCUT2D eigenvalue weighted by atomic mass is 32.1. The predicted octanol–water partition coefficient (Wildman–Crippen LogP) is 1.05. The molecule has 108 valence electrons. The van der Waals surface area contributed by atoms with Gasteiger partial charge in [0.25, 0.3) is 5.91 Å². The Morgan fingerprint density at radius 2 is 2.15 bits per heavy atom. The van der Waals surface area contributed by atoms with Crippen molar-refractivity contribution in [3.8, 4) is 0 Å². The third kappa shape index (κ3) is 2.60. The van der Waals surface area contributed by atoms with Gasteiger partial charge in [-0.3, -0.25) is 9.48 Å². The van der Waals surface area contributed by atoms with Crippen LogP contribution in [0.5, 0.6) is 0 Å². The monoisotopic (exact) mass is 294 g/mol. The van der Waals surface area contributed by atoms with E-state index >= 15 is 0 Å². The fraction of sp³-hybridized carbons (Fsp3) is 0.417. The minimum atomic E-state index is -0.218. The van der Waals surface area contributed by atoms with Crippen LogP contribution in [0, 0.1) is 13.8 Å². The van der Waals surface area contributed by atoms with Crippen LogP contribution in [0.1, 0.15) is 26.6 Å². The van der Waals surface area contributed by atoms with Crippen molar-refractivity contribution in [2.75, 3.05) is 18.1 Å². The molecule has 20 heavy (non-hydrogen) atoms. The van der Waals surface area contributed by atoms with Gasteiger partial charge < -0.3 is 16.4 Å². The highest BCUT2D eigenvalue weighted by Crippen LogP contribution is 2.24. The average Bonchev–Trinajstić information content (AvgIpc) is 2.89. The Bertz CT molecular complexity index is 645. The van der Waals surface area contributed by atoms with E-state index in [2.05, 4.69) is 20.7 Å². The lowest BCUT2D eigenvalue weighted by molar-refractivity contribution is 0.0955. The zero-order valence-corrected chi connectivity index (χ0v) is 12.8. The van der Waals surface area contributed by atoms with Gasteiger partial charge in [-0.15, -0.1) is 0 Å². The number of carbonyl (C=O) groups is 1. The van der Waals surface area contributed by atoms with Gasteiger partial charge in [-0.25, -0.2) is 4.98 Å². The van der Waals surface area contributed by atoms with E-state index in [0.29, 0.717) is 16.6 Å². The van der Waals surface area contributed by atoms with E-state index < -0.39 is 0 Å². The van der Waals surface area contributed by atoms with E-state index in [4.69, 9.17) is 5.73 Å². The van der Waals surface area contributed by atoms with Gasteiger partial charge in [0.15, 0.2) is 5.13 Å². The quantitative estimate of drug-likeness (QED) is 0.783. The second-order valence-electron chi connectivity index (χ2n) is 4.44. The van der Waals surface area contributed by atoms with E-state index in [1.807, 2.05) is 20.9 Å². The van der Waals surface area contributed by atoms with Crippen LogP contribution < -0.4 is 16.4 Å². The lowest BCUT2D eigenvalue weighted by Gasteiger charge is -2.04. The van der Waals surface area contributed by atoms with Gasteiger partial charge in [-0.05, 0) is 13.8 Å². The molecule has 2 aromatic rings. The number of nitrogens with zero attached hydrogens (tertiary/aromatic N) is 3. The summed E-state index contributed by atoms with van der Waals surface area (Å²) in [5, 5.41) is 10.7. The molecular weight excluding hydrogens is 276 g/mol. The summed E-state index contributed by atoms with van der Waals surface area (Å²) in [6, 6.07) is 0. The van der Waals surface area contributed by atoms with Crippen LogP contribution in [0.25, 0.3) is 0 Å². The van der Waals surface area contributed by atoms with Crippen molar-refractivity contribution in [3.05, 3.63) is 21.8 Å². The molecule has 0 fully saturated rings. The number of thiazole rings is 1. The maximum Gasteiger partial charge on any atom is 0.265 e. The van der Waals surface area contributed by atoms with E-state index in [1.165, 1.54) is 11.3 Å². The number of hydrogen-bond acceptors (Lipinski definition) is 6. The second kappa shape index (κ2) is 5.49. The molecule has 0 spiro atoms. The molecule has 0 aliphatic rings. The summed E-state index contributed by atoms with van der Waals surface area (Å²) in [6.45, 7) is 4.33. The van der Waals surface area contributed by atoms with E-state index in [0.717, 1.165) is 17.0 Å². The minimum Gasteiger partial charge on any atom is -0.382 e. The molecule has 0 aliphatic carbocycles. The van der Waals surface area contributed by atoms with Crippen LogP contribution >= 0.6 is 11.3 Å². The molecule has 0 radical (unpaired) electrons. The first-order valence-electron chi connectivity index (χ1n) is 6.15. The largest absolute Gasteiger partial charge is 0.382 e. The molecule has 1 amide bonds. The zero-order chi connectivity index (χ0) is 14.9. The molecule has 2 heterocycles. The Hall–Kier alpha value is -2.09. The molecule has 2 rings (SSSR count). The van der Waals surface area contributed by atoms with Crippen molar-refractivity contribution >= 4 is 28.2 Å². The van der Waals surface area contributed by atoms with Gasteiger partial charge in [0.1, 0.15) is 10.7 Å². The lowest BCUT2D eigenvalue weighted by atomic mass is 10.2. The highest BCUT2D eigenvalue weighted by Gasteiger charge is 2.17.